The molecule has 0 saturated carbocycles. The van der Waals surface area contributed by atoms with Gasteiger partial charge in [-0.15, -0.1) is 0 Å². The van der Waals surface area contributed by atoms with E-state index in [9.17, 15) is 30.8 Å². The Balaban J connectivity index is 1.64. The van der Waals surface area contributed by atoms with Gasteiger partial charge in [0.1, 0.15) is 5.82 Å². The van der Waals surface area contributed by atoms with Gasteiger partial charge in [-0.25, -0.2) is 12.8 Å². The van der Waals surface area contributed by atoms with Crippen LogP contribution in [0.4, 0.5) is 17.6 Å². The van der Waals surface area contributed by atoms with Gasteiger partial charge in [0.25, 0.3) is 0 Å². The standard InChI is InChI=1S/C20H20F4N2O3S/c21-17-6-8-18(9-7-17)30(28,29)26-10-2-4-15(13-26)19(27)25-12-14-3-1-5-16(11-14)20(22,23)24/h1,3,5-9,11,15H,2,4,10,12-13H2,(H,25,27). The Kier molecular flexibility index (Phi) is 6.47. The molecular formula is C20H20F4N2O3S. The van der Waals surface area contributed by atoms with Crippen molar-refractivity contribution in [1.82, 2.24) is 9.62 Å². The summed E-state index contributed by atoms with van der Waals surface area (Å²) in [6.45, 7) is 0.0925. The lowest BCUT2D eigenvalue weighted by atomic mass is 9.98. The van der Waals surface area contributed by atoms with Crippen molar-refractivity contribution in [1.29, 1.82) is 0 Å². The van der Waals surface area contributed by atoms with Crippen LogP contribution in [0, 0.1) is 11.7 Å². The van der Waals surface area contributed by atoms with E-state index < -0.39 is 39.4 Å². The fourth-order valence-electron chi connectivity index (χ4n) is 3.32. The van der Waals surface area contributed by atoms with Gasteiger partial charge < -0.3 is 5.32 Å². The van der Waals surface area contributed by atoms with E-state index in [4.69, 9.17) is 0 Å². The lowest BCUT2D eigenvalue weighted by Gasteiger charge is -2.31. The second-order valence-corrected chi connectivity index (χ2v) is 9.01. The van der Waals surface area contributed by atoms with Crippen LogP contribution in [0.5, 0.6) is 0 Å². The molecule has 2 aromatic carbocycles. The molecular weight excluding hydrogens is 424 g/mol. The number of alkyl halides is 3. The quantitative estimate of drug-likeness (QED) is 0.718. The first-order chi connectivity index (χ1) is 14.1. The maximum absolute atomic E-state index is 13.1. The fourth-order valence-corrected chi connectivity index (χ4v) is 4.85. The van der Waals surface area contributed by atoms with Gasteiger partial charge in [-0.05, 0) is 54.8 Å². The number of carbonyl (C=O) groups excluding carboxylic acids is 1. The molecule has 0 aliphatic carbocycles. The molecule has 162 valence electrons. The first kappa shape index (κ1) is 22.2. The Labute approximate surface area is 171 Å². The third-order valence-corrected chi connectivity index (χ3v) is 6.81. The molecule has 1 aliphatic rings. The van der Waals surface area contributed by atoms with Crippen LogP contribution in [0.15, 0.2) is 53.4 Å². The summed E-state index contributed by atoms with van der Waals surface area (Å²) in [7, 11) is -3.87. The molecule has 1 amide bonds. The zero-order chi connectivity index (χ0) is 21.9. The summed E-state index contributed by atoms with van der Waals surface area (Å²) in [5, 5.41) is 2.59. The Morgan fingerprint density at radius 2 is 1.83 bits per heavy atom. The molecule has 1 atom stereocenters. The van der Waals surface area contributed by atoms with Gasteiger partial charge in [-0.2, -0.15) is 17.5 Å². The van der Waals surface area contributed by atoms with E-state index in [-0.39, 0.29) is 24.5 Å². The molecule has 1 N–H and O–H groups in total. The summed E-state index contributed by atoms with van der Waals surface area (Å²) >= 11 is 0. The smallest absolute Gasteiger partial charge is 0.352 e. The molecule has 1 unspecified atom stereocenters. The monoisotopic (exact) mass is 444 g/mol. The summed E-state index contributed by atoms with van der Waals surface area (Å²) < 4.78 is 78.2. The van der Waals surface area contributed by atoms with Gasteiger partial charge in [0.15, 0.2) is 0 Å². The zero-order valence-electron chi connectivity index (χ0n) is 15.8. The first-order valence-corrected chi connectivity index (χ1v) is 10.7. The summed E-state index contributed by atoms with van der Waals surface area (Å²) in [4.78, 5) is 12.4. The van der Waals surface area contributed by atoms with Crippen molar-refractivity contribution in [3.63, 3.8) is 0 Å². The molecule has 0 spiro atoms. The Hall–Kier alpha value is -2.46. The van der Waals surface area contributed by atoms with Crippen LogP contribution in [0.1, 0.15) is 24.0 Å². The zero-order valence-corrected chi connectivity index (χ0v) is 16.6. The normalized spacial score (nSPS) is 18.2. The molecule has 10 heteroatoms. The Morgan fingerprint density at radius 3 is 2.50 bits per heavy atom. The molecule has 5 nitrogen and oxygen atoms in total. The van der Waals surface area contributed by atoms with Crippen LogP contribution in [0.3, 0.4) is 0 Å². The topological polar surface area (TPSA) is 66.5 Å². The van der Waals surface area contributed by atoms with Gasteiger partial charge in [0.2, 0.25) is 15.9 Å². The van der Waals surface area contributed by atoms with Crippen molar-refractivity contribution < 1.29 is 30.8 Å². The van der Waals surface area contributed by atoms with Gasteiger partial charge in [-0.3, -0.25) is 4.79 Å². The molecule has 1 fully saturated rings. The Bertz CT molecular complexity index is 1010. The predicted molar refractivity (Wildman–Crippen MR) is 101 cm³/mol. The number of amides is 1. The number of carbonyl (C=O) groups is 1. The number of sulfonamides is 1. The molecule has 0 radical (unpaired) electrons. The Morgan fingerprint density at radius 1 is 1.13 bits per heavy atom. The molecule has 2 aromatic rings. The van der Waals surface area contributed by atoms with Crippen molar-refractivity contribution in [3.8, 4) is 0 Å². The lowest BCUT2D eigenvalue weighted by molar-refractivity contribution is -0.137. The SMILES string of the molecule is O=C(NCc1cccc(C(F)(F)F)c1)C1CCCN(S(=O)(=O)c2ccc(F)cc2)C1. The maximum atomic E-state index is 13.1. The summed E-state index contributed by atoms with van der Waals surface area (Å²) in [6.07, 6.45) is -3.55. The third kappa shape index (κ3) is 5.17. The third-order valence-electron chi connectivity index (χ3n) is 4.93. The highest BCUT2D eigenvalue weighted by atomic mass is 32.2. The molecule has 1 saturated heterocycles. The summed E-state index contributed by atoms with van der Waals surface area (Å²) in [5.74, 6) is -1.61. The van der Waals surface area contributed by atoms with Crippen molar-refractivity contribution in [2.75, 3.05) is 13.1 Å². The fraction of sp³-hybridized carbons (Fsp3) is 0.350. The number of benzene rings is 2. The van der Waals surface area contributed by atoms with E-state index in [2.05, 4.69) is 5.32 Å². The van der Waals surface area contributed by atoms with E-state index in [0.29, 0.717) is 18.4 Å². The van der Waals surface area contributed by atoms with Crippen LogP contribution in [-0.2, 0) is 27.5 Å². The molecule has 1 aliphatic heterocycles. The van der Waals surface area contributed by atoms with E-state index in [1.165, 1.54) is 28.6 Å². The van der Waals surface area contributed by atoms with Crippen LogP contribution >= 0.6 is 0 Å². The van der Waals surface area contributed by atoms with Gasteiger partial charge in [0, 0.05) is 19.6 Å². The first-order valence-electron chi connectivity index (χ1n) is 9.27. The molecule has 0 bridgehead atoms. The number of piperidine rings is 1. The summed E-state index contributed by atoms with van der Waals surface area (Å²) in [5.41, 5.74) is -0.506. The van der Waals surface area contributed by atoms with E-state index in [1.807, 2.05) is 0 Å². The number of hydrogen-bond acceptors (Lipinski definition) is 3. The van der Waals surface area contributed by atoms with Crippen LogP contribution < -0.4 is 5.32 Å². The highest BCUT2D eigenvalue weighted by Gasteiger charge is 2.33. The minimum Gasteiger partial charge on any atom is -0.352 e. The molecule has 30 heavy (non-hydrogen) atoms. The van der Waals surface area contributed by atoms with E-state index in [0.717, 1.165) is 24.3 Å². The average Bonchev–Trinajstić information content (AvgIpc) is 2.72. The molecule has 0 aromatic heterocycles. The number of nitrogens with one attached hydrogen (secondary N) is 1. The van der Waals surface area contributed by atoms with Gasteiger partial charge in [0.05, 0.1) is 16.4 Å². The van der Waals surface area contributed by atoms with Crippen LogP contribution in [0.2, 0.25) is 0 Å². The number of rotatable bonds is 5. The molecule has 1 heterocycles. The summed E-state index contributed by atoms with van der Waals surface area (Å²) in [6, 6.07) is 9.09. The maximum Gasteiger partial charge on any atom is 0.416 e. The average molecular weight is 444 g/mol. The largest absolute Gasteiger partial charge is 0.416 e. The minimum absolute atomic E-state index is 0.0475. The van der Waals surface area contributed by atoms with Crippen molar-refractivity contribution in [3.05, 3.63) is 65.5 Å². The number of halogens is 4. The number of hydrogen-bond donors (Lipinski definition) is 1. The van der Waals surface area contributed by atoms with Gasteiger partial charge >= 0.3 is 6.18 Å². The second-order valence-electron chi connectivity index (χ2n) is 7.07. The van der Waals surface area contributed by atoms with Crippen molar-refractivity contribution in [2.45, 2.75) is 30.5 Å². The van der Waals surface area contributed by atoms with Gasteiger partial charge in [-0.1, -0.05) is 12.1 Å². The molecule has 3 rings (SSSR count). The minimum atomic E-state index is -4.47. The van der Waals surface area contributed by atoms with Crippen LogP contribution in [0.25, 0.3) is 0 Å². The lowest BCUT2D eigenvalue weighted by Crippen LogP contribution is -2.45. The van der Waals surface area contributed by atoms with Crippen molar-refractivity contribution >= 4 is 15.9 Å². The van der Waals surface area contributed by atoms with Crippen molar-refractivity contribution in [2.24, 2.45) is 5.92 Å². The highest BCUT2D eigenvalue weighted by Crippen LogP contribution is 2.29. The second kappa shape index (κ2) is 8.73. The highest BCUT2D eigenvalue weighted by molar-refractivity contribution is 7.89. The predicted octanol–water partition coefficient (Wildman–Crippen LogP) is 3.56. The number of nitrogens with zero attached hydrogens (tertiary/aromatic N) is 1. The van der Waals surface area contributed by atoms with E-state index >= 15 is 0 Å². The van der Waals surface area contributed by atoms with E-state index in [1.54, 1.807) is 0 Å². The van der Waals surface area contributed by atoms with Crippen LogP contribution in [-0.4, -0.2) is 31.7 Å².